The molecule has 1 fully saturated rings. The number of carbonyl (C=O) groups is 1. The summed E-state index contributed by atoms with van der Waals surface area (Å²) in [6.07, 6.45) is 8.97. The Kier molecular flexibility index (Phi) is 13.0. The molecule has 1 atom stereocenters. The average Bonchev–Trinajstić information content (AvgIpc) is 3.44. The van der Waals surface area contributed by atoms with Crippen molar-refractivity contribution in [1.29, 1.82) is 0 Å². The van der Waals surface area contributed by atoms with Crippen LogP contribution in [-0.2, 0) is 20.9 Å². The molecule has 2 aromatic carbocycles. The van der Waals surface area contributed by atoms with Crippen LogP contribution < -0.4 is 16.0 Å². The predicted molar refractivity (Wildman–Crippen MR) is 204 cm³/mol. The number of hydrogen-bond donors (Lipinski definition) is 3. The zero-order valence-corrected chi connectivity index (χ0v) is 31.2. The van der Waals surface area contributed by atoms with Crippen molar-refractivity contribution in [1.82, 2.24) is 30.0 Å². The van der Waals surface area contributed by atoms with E-state index >= 15 is 0 Å². The number of rotatable bonds is 16. The number of amides is 1. The molecule has 5 rings (SSSR count). The first-order valence-corrected chi connectivity index (χ1v) is 20.4. The third-order valence-corrected chi connectivity index (χ3v) is 9.53. The molecule has 1 unspecified atom stereocenters. The standard InChI is InChI=1S/C37H54N8O4S/c1-37(2,3)49-36(46)39-16-15-32(28-11-8-7-9-12-28)41-30-14-10-13-29(25-30)33-31-26-40-35(38-17-18-44-19-21-47-22-20-44)42-34(31)45(43-33)27-48-23-24-50(4,5)6/h7-14,25-26,32,41H,15-24,27H2,1-6H3,(H,39,46)(H,38,40,42). The fraction of sp³-hybridized carbons (Fsp3) is 0.514. The van der Waals surface area contributed by atoms with Gasteiger partial charge in [-0.2, -0.15) is 10.1 Å². The number of ether oxygens (including phenoxy) is 3. The van der Waals surface area contributed by atoms with Crippen molar-refractivity contribution in [2.45, 2.75) is 45.6 Å². The van der Waals surface area contributed by atoms with Gasteiger partial charge >= 0.3 is 6.09 Å². The number of nitrogens with one attached hydrogen (secondary N) is 3. The van der Waals surface area contributed by atoms with Gasteiger partial charge in [-0.25, -0.2) is 24.5 Å². The minimum atomic E-state index is -0.674. The minimum absolute atomic E-state index is 0.0523. The number of carbonyl (C=O) groups excluding carboxylic acids is 1. The lowest BCUT2D eigenvalue weighted by atomic mass is 10.0. The fourth-order valence-electron chi connectivity index (χ4n) is 5.56. The summed E-state index contributed by atoms with van der Waals surface area (Å²) in [5.41, 5.74) is 3.95. The number of fused-ring (bicyclic) bond motifs is 1. The van der Waals surface area contributed by atoms with Crippen molar-refractivity contribution in [3.05, 3.63) is 66.4 Å². The topological polar surface area (TPSA) is 128 Å². The maximum Gasteiger partial charge on any atom is 0.407 e. The molecule has 4 aromatic rings. The molecule has 13 heteroatoms. The van der Waals surface area contributed by atoms with Gasteiger partial charge in [-0.15, -0.1) is 0 Å². The molecule has 0 aliphatic carbocycles. The summed E-state index contributed by atoms with van der Waals surface area (Å²) in [5, 5.41) is 15.9. The Balaban J connectivity index is 1.35. The van der Waals surface area contributed by atoms with Gasteiger partial charge in [-0.05, 0) is 63.7 Å². The van der Waals surface area contributed by atoms with Gasteiger partial charge in [0, 0.05) is 55.9 Å². The summed E-state index contributed by atoms with van der Waals surface area (Å²) in [6, 6.07) is 18.4. The number of hydrogen-bond acceptors (Lipinski definition) is 10. The molecule has 2 aromatic heterocycles. The first kappa shape index (κ1) is 37.3. The van der Waals surface area contributed by atoms with Crippen molar-refractivity contribution in [3.8, 4) is 11.3 Å². The van der Waals surface area contributed by atoms with E-state index in [1.807, 2.05) is 62.0 Å². The van der Waals surface area contributed by atoms with Gasteiger partial charge in [0.25, 0.3) is 0 Å². The van der Waals surface area contributed by atoms with E-state index in [0.717, 1.165) is 78.7 Å². The molecule has 1 aliphatic rings. The second kappa shape index (κ2) is 17.3. The summed E-state index contributed by atoms with van der Waals surface area (Å²) >= 11 is 0. The number of aromatic nitrogens is 4. The van der Waals surface area contributed by atoms with E-state index < -0.39 is 21.7 Å². The number of morpholine rings is 1. The number of alkyl carbamates (subject to hydrolysis) is 1. The van der Waals surface area contributed by atoms with Crippen LogP contribution in [0, 0.1) is 0 Å². The summed E-state index contributed by atoms with van der Waals surface area (Å²) in [5.74, 6) is 1.59. The maximum atomic E-state index is 12.3. The first-order chi connectivity index (χ1) is 23.9. The number of anilines is 2. The van der Waals surface area contributed by atoms with E-state index in [4.69, 9.17) is 24.3 Å². The minimum Gasteiger partial charge on any atom is -0.444 e. The Hall–Kier alpha value is -3.91. The molecule has 3 N–H and O–H groups in total. The summed E-state index contributed by atoms with van der Waals surface area (Å²) in [4.78, 5) is 24.3. The van der Waals surface area contributed by atoms with E-state index in [2.05, 4.69) is 68.9 Å². The second-order valence-electron chi connectivity index (χ2n) is 14.4. The van der Waals surface area contributed by atoms with Crippen molar-refractivity contribution < 1.29 is 19.0 Å². The van der Waals surface area contributed by atoms with Crippen molar-refractivity contribution in [3.63, 3.8) is 0 Å². The van der Waals surface area contributed by atoms with Crippen LogP contribution in [0.4, 0.5) is 16.4 Å². The molecule has 1 aliphatic heterocycles. The van der Waals surface area contributed by atoms with Crippen molar-refractivity contribution >= 4 is 38.8 Å². The highest BCUT2D eigenvalue weighted by Gasteiger charge is 2.19. The molecule has 3 heterocycles. The van der Waals surface area contributed by atoms with Crippen molar-refractivity contribution in [2.24, 2.45) is 0 Å². The van der Waals surface area contributed by atoms with Crippen LogP contribution in [0.2, 0.25) is 0 Å². The molecule has 50 heavy (non-hydrogen) atoms. The van der Waals surface area contributed by atoms with Crippen LogP contribution in [-0.4, -0.2) is 113 Å². The third kappa shape index (κ3) is 11.6. The summed E-state index contributed by atoms with van der Waals surface area (Å²) < 4.78 is 18.9. The Labute approximate surface area is 298 Å². The molecule has 0 radical (unpaired) electrons. The van der Waals surface area contributed by atoms with Crippen molar-refractivity contribution in [2.75, 3.05) is 87.7 Å². The molecule has 272 valence electrons. The van der Waals surface area contributed by atoms with Crippen LogP contribution in [0.15, 0.2) is 60.8 Å². The van der Waals surface area contributed by atoms with Crippen LogP contribution in [0.5, 0.6) is 0 Å². The third-order valence-electron chi connectivity index (χ3n) is 8.14. The highest BCUT2D eigenvalue weighted by Crippen LogP contribution is 2.34. The Bertz CT molecular complexity index is 1670. The lowest BCUT2D eigenvalue weighted by molar-refractivity contribution is 0.0398. The highest BCUT2D eigenvalue weighted by molar-refractivity contribution is 8.32. The van der Waals surface area contributed by atoms with Crippen LogP contribution in [0.1, 0.15) is 38.8 Å². The molecule has 0 saturated carbocycles. The molecule has 0 spiro atoms. The molecule has 1 amide bonds. The molecular formula is C37H54N8O4S. The zero-order chi connectivity index (χ0) is 35.6. The Morgan fingerprint density at radius 1 is 1.04 bits per heavy atom. The summed E-state index contributed by atoms with van der Waals surface area (Å²) in [7, 11) is -0.674. The summed E-state index contributed by atoms with van der Waals surface area (Å²) in [6.45, 7) is 12.0. The zero-order valence-electron chi connectivity index (χ0n) is 30.4. The normalized spacial score (nSPS) is 15.1. The van der Waals surface area contributed by atoms with E-state index in [0.29, 0.717) is 32.3 Å². The van der Waals surface area contributed by atoms with E-state index in [1.54, 1.807) is 0 Å². The van der Waals surface area contributed by atoms with Crippen LogP contribution in [0.25, 0.3) is 22.3 Å². The van der Waals surface area contributed by atoms with Crippen LogP contribution in [0.3, 0.4) is 0 Å². The quantitative estimate of drug-likeness (QED) is 0.120. The van der Waals surface area contributed by atoms with Crippen LogP contribution >= 0.6 is 10.0 Å². The second-order valence-corrected chi connectivity index (χ2v) is 19.0. The lowest BCUT2D eigenvalue weighted by Gasteiger charge is -2.26. The van der Waals surface area contributed by atoms with Gasteiger partial charge < -0.3 is 30.2 Å². The Morgan fingerprint density at radius 3 is 2.56 bits per heavy atom. The van der Waals surface area contributed by atoms with Gasteiger partial charge in [0.2, 0.25) is 5.95 Å². The fourth-order valence-corrected chi connectivity index (χ4v) is 6.17. The Morgan fingerprint density at radius 2 is 1.82 bits per heavy atom. The van der Waals surface area contributed by atoms with E-state index in [9.17, 15) is 4.79 Å². The van der Waals surface area contributed by atoms with E-state index in [-0.39, 0.29) is 6.04 Å². The molecular weight excluding hydrogens is 653 g/mol. The lowest BCUT2D eigenvalue weighted by Crippen LogP contribution is -2.39. The van der Waals surface area contributed by atoms with Gasteiger partial charge in [-0.1, -0.05) is 42.5 Å². The molecule has 12 nitrogen and oxygen atoms in total. The largest absolute Gasteiger partial charge is 0.444 e. The number of benzene rings is 2. The molecule has 0 bridgehead atoms. The van der Waals surface area contributed by atoms with E-state index in [1.165, 1.54) is 0 Å². The molecule has 1 saturated heterocycles. The van der Waals surface area contributed by atoms with Gasteiger partial charge in [-0.3, -0.25) is 4.90 Å². The highest BCUT2D eigenvalue weighted by atomic mass is 32.3. The van der Waals surface area contributed by atoms with Gasteiger partial charge in [0.15, 0.2) is 5.65 Å². The first-order valence-electron chi connectivity index (χ1n) is 17.3. The van der Waals surface area contributed by atoms with Gasteiger partial charge in [0.05, 0.1) is 31.2 Å². The van der Waals surface area contributed by atoms with Gasteiger partial charge in [0.1, 0.15) is 18.0 Å². The predicted octanol–water partition coefficient (Wildman–Crippen LogP) is 5.97. The SMILES string of the molecule is CC(C)(C)OC(=O)NCCC(Nc1cccc(-c2nn(COCCS(C)(C)C)c3nc(NCCN4CCOCC4)ncc23)c1)c1ccccc1. The smallest absolute Gasteiger partial charge is 0.407 e. The average molecular weight is 707 g/mol. The monoisotopic (exact) mass is 706 g/mol. The maximum absolute atomic E-state index is 12.3. The number of nitrogens with zero attached hydrogens (tertiary/aromatic N) is 5.